The van der Waals surface area contributed by atoms with Crippen LogP contribution in [0.3, 0.4) is 0 Å². The van der Waals surface area contributed by atoms with E-state index in [1.165, 1.54) is 0 Å². The molecule has 0 aliphatic rings. The van der Waals surface area contributed by atoms with Crippen LogP contribution in [0.2, 0.25) is 0 Å². The van der Waals surface area contributed by atoms with Crippen molar-refractivity contribution in [2.24, 2.45) is 0 Å². The lowest BCUT2D eigenvalue weighted by Crippen LogP contribution is -2.28. The lowest BCUT2D eigenvalue weighted by molar-refractivity contribution is -0.147. The van der Waals surface area contributed by atoms with Gasteiger partial charge in [0.15, 0.2) is 6.61 Å². The molecule has 20 heavy (non-hydrogen) atoms. The standard InChI is InChI=1S/C15H15NO3S/c17-14(16-10-13-7-4-8-20-13)11-19-15(18)9-12-5-2-1-3-6-12/h1-8H,9-11H2,(H,16,17). The van der Waals surface area contributed by atoms with Crippen molar-refractivity contribution in [3.63, 3.8) is 0 Å². The van der Waals surface area contributed by atoms with Gasteiger partial charge in [0, 0.05) is 4.88 Å². The van der Waals surface area contributed by atoms with Gasteiger partial charge in [-0.2, -0.15) is 0 Å². The fourth-order valence-corrected chi connectivity index (χ4v) is 2.25. The molecule has 0 aliphatic heterocycles. The third-order valence-corrected chi connectivity index (χ3v) is 3.47. The van der Waals surface area contributed by atoms with Gasteiger partial charge in [0.2, 0.25) is 0 Å². The predicted octanol–water partition coefficient (Wildman–Crippen LogP) is 2.15. The van der Waals surface area contributed by atoms with E-state index in [4.69, 9.17) is 4.74 Å². The van der Waals surface area contributed by atoms with Crippen LogP contribution in [0.5, 0.6) is 0 Å². The van der Waals surface area contributed by atoms with Crippen LogP contribution in [0, 0.1) is 0 Å². The first-order valence-corrected chi connectivity index (χ1v) is 7.10. The molecule has 0 spiro atoms. The Balaban J connectivity index is 1.66. The SMILES string of the molecule is O=C(COC(=O)Cc1ccccc1)NCc1cccs1. The number of benzene rings is 1. The maximum atomic E-state index is 11.5. The molecule has 0 unspecified atom stereocenters. The van der Waals surface area contributed by atoms with Crippen LogP contribution in [-0.2, 0) is 27.3 Å². The van der Waals surface area contributed by atoms with E-state index < -0.39 is 5.97 Å². The van der Waals surface area contributed by atoms with E-state index >= 15 is 0 Å². The monoisotopic (exact) mass is 289 g/mol. The second-order valence-corrected chi connectivity index (χ2v) is 5.21. The van der Waals surface area contributed by atoms with Gasteiger partial charge < -0.3 is 10.1 Å². The Morgan fingerprint density at radius 2 is 1.90 bits per heavy atom. The minimum Gasteiger partial charge on any atom is -0.455 e. The van der Waals surface area contributed by atoms with E-state index in [9.17, 15) is 9.59 Å². The summed E-state index contributed by atoms with van der Waals surface area (Å²) in [4.78, 5) is 24.1. The summed E-state index contributed by atoms with van der Waals surface area (Å²) in [5.41, 5.74) is 0.872. The number of nitrogens with one attached hydrogen (secondary N) is 1. The van der Waals surface area contributed by atoms with Gasteiger partial charge in [-0.3, -0.25) is 9.59 Å². The zero-order valence-corrected chi connectivity index (χ0v) is 11.7. The van der Waals surface area contributed by atoms with Gasteiger partial charge >= 0.3 is 5.97 Å². The molecule has 1 aromatic heterocycles. The van der Waals surface area contributed by atoms with Gasteiger partial charge in [0.1, 0.15) is 0 Å². The molecular weight excluding hydrogens is 274 g/mol. The number of ether oxygens (including phenoxy) is 1. The molecule has 1 heterocycles. The van der Waals surface area contributed by atoms with Crippen LogP contribution >= 0.6 is 11.3 Å². The van der Waals surface area contributed by atoms with Crippen molar-refractivity contribution in [2.75, 3.05) is 6.61 Å². The van der Waals surface area contributed by atoms with Crippen LogP contribution in [0.15, 0.2) is 47.8 Å². The molecule has 0 bridgehead atoms. The van der Waals surface area contributed by atoms with E-state index in [0.717, 1.165) is 10.4 Å². The Morgan fingerprint density at radius 3 is 2.60 bits per heavy atom. The van der Waals surface area contributed by atoms with Crippen LogP contribution in [0.25, 0.3) is 0 Å². The van der Waals surface area contributed by atoms with Gasteiger partial charge in [-0.05, 0) is 17.0 Å². The summed E-state index contributed by atoms with van der Waals surface area (Å²) in [6.45, 7) is 0.226. The van der Waals surface area contributed by atoms with Gasteiger partial charge in [-0.15, -0.1) is 11.3 Å². The van der Waals surface area contributed by atoms with Gasteiger partial charge in [-0.1, -0.05) is 36.4 Å². The Kier molecular flexibility index (Phi) is 5.32. The molecule has 104 valence electrons. The number of hydrogen-bond donors (Lipinski definition) is 1. The summed E-state index contributed by atoms with van der Waals surface area (Å²) in [7, 11) is 0. The van der Waals surface area contributed by atoms with E-state index in [2.05, 4.69) is 5.32 Å². The fraction of sp³-hybridized carbons (Fsp3) is 0.200. The molecule has 0 saturated heterocycles. The summed E-state index contributed by atoms with van der Waals surface area (Å²) in [6.07, 6.45) is 0.180. The maximum absolute atomic E-state index is 11.5. The Labute approximate surface area is 121 Å². The topological polar surface area (TPSA) is 55.4 Å². The minimum absolute atomic E-state index is 0.180. The fourth-order valence-electron chi connectivity index (χ4n) is 1.61. The highest BCUT2D eigenvalue weighted by molar-refractivity contribution is 7.09. The van der Waals surface area contributed by atoms with Gasteiger partial charge in [0.25, 0.3) is 5.91 Å². The lowest BCUT2D eigenvalue weighted by Gasteiger charge is -2.05. The highest BCUT2D eigenvalue weighted by Gasteiger charge is 2.08. The average Bonchev–Trinajstić information content (AvgIpc) is 2.97. The average molecular weight is 289 g/mol. The number of rotatable bonds is 6. The van der Waals surface area contributed by atoms with Crippen molar-refractivity contribution >= 4 is 23.2 Å². The van der Waals surface area contributed by atoms with E-state index in [1.54, 1.807) is 11.3 Å². The molecule has 1 amide bonds. The Morgan fingerprint density at radius 1 is 1.10 bits per heavy atom. The molecule has 2 aromatic rings. The smallest absolute Gasteiger partial charge is 0.310 e. The van der Waals surface area contributed by atoms with E-state index in [0.29, 0.717) is 6.54 Å². The van der Waals surface area contributed by atoms with Crippen molar-refractivity contribution in [1.29, 1.82) is 0 Å². The third-order valence-electron chi connectivity index (χ3n) is 2.60. The minimum atomic E-state index is -0.400. The highest BCUT2D eigenvalue weighted by atomic mass is 32.1. The van der Waals surface area contributed by atoms with Gasteiger partial charge in [0.05, 0.1) is 13.0 Å². The number of carbonyl (C=O) groups is 2. The summed E-state index contributed by atoms with van der Waals surface area (Å²) >= 11 is 1.57. The third kappa shape index (κ3) is 4.85. The molecular formula is C15H15NO3S. The summed E-state index contributed by atoms with van der Waals surface area (Å²) in [5, 5.41) is 4.64. The van der Waals surface area contributed by atoms with Crippen LogP contribution in [0.4, 0.5) is 0 Å². The number of amides is 1. The number of hydrogen-bond acceptors (Lipinski definition) is 4. The first-order valence-electron chi connectivity index (χ1n) is 6.22. The van der Waals surface area contributed by atoms with E-state index in [-0.39, 0.29) is 18.9 Å². The Bertz CT molecular complexity index is 552. The zero-order valence-electron chi connectivity index (χ0n) is 10.9. The van der Waals surface area contributed by atoms with Crippen molar-refractivity contribution in [1.82, 2.24) is 5.32 Å². The molecule has 1 aromatic carbocycles. The highest BCUT2D eigenvalue weighted by Crippen LogP contribution is 2.07. The number of esters is 1. The maximum Gasteiger partial charge on any atom is 0.310 e. The first kappa shape index (κ1) is 14.3. The summed E-state index contributed by atoms with van der Waals surface area (Å²) in [6, 6.07) is 13.1. The van der Waals surface area contributed by atoms with Crippen molar-refractivity contribution in [2.45, 2.75) is 13.0 Å². The summed E-state index contributed by atoms with van der Waals surface area (Å²) < 4.78 is 4.93. The van der Waals surface area contributed by atoms with E-state index in [1.807, 2.05) is 47.8 Å². The quantitative estimate of drug-likeness (QED) is 0.829. The van der Waals surface area contributed by atoms with Crippen molar-refractivity contribution in [3.8, 4) is 0 Å². The lowest BCUT2D eigenvalue weighted by atomic mass is 10.2. The summed E-state index contributed by atoms with van der Waals surface area (Å²) in [5.74, 6) is -0.692. The molecule has 1 N–H and O–H groups in total. The first-order chi connectivity index (χ1) is 9.74. The molecule has 0 atom stereocenters. The van der Waals surface area contributed by atoms with Crippen LogP contribution in [-0.4, -0.2) is 18.5 Å². The second-order valence-electron chi connectivity index (χ2n) is 4.18. The molecule has 5 heteroatoms. The second kappa shape index (κ2) is 7.45. The molecule has 4 nitrogen and oxygen atoms in total. The van der Waals surface area contributed by atoms with Crippen molar-refractivity contribution < 1.29 is 14.3 Å². The number of carbonyl (C=O) groups excluding carboxylic acids is 2. The normalized spacial score (nSPS) is 10.0. The van der Waals surface area contributed by atoms with Gasteiger partial charge in [-0.25, -0.2) is 0 Å². The molecule has 0 fully saturated rings. The molecule has 2 rings (SSSR count). The molecule has 0 saturated carbocycles. The molecule has 0 radical (unpaired) electrons. The predicted molar refractivity (Wildman–Crippen MR) is 77.3 cm³/mol. The van der Waals surface area contributed by atoms with Crippen LogP contribution in [0.1, 0.15) is 10.4 Å². The Hall–Kier alpha value is -2.14. The number of thiophene rings is 1. The largest absolute Gasteiger partial charge is 0.455 e. The zero-order chi connectivity index (χ0) is 14.2. The van der Waals surface area contributed by atoms with Crippen LogP contribution < -0.4 is 5.32 Å². The van der Waals surface area contributed by atoms with Crippen molar-refractivity contribution in [3.05, 3.63) is 58.3 Å². The molecule has 0 aliphatic carbocycles.